The molecule has 0 radical (unpaired) electrons. The predicted molar refractivity (Wildman–Crippen MR) is 95.5 cm³/mol. The van der Waals surface area contributed by atoms with Crippen LogP contribution in [0.2, 0.25) is 0 Å². The molecule has 0 bridgehead atoms. The summed E-state index contributed by atoms with van der Waals surface area (Å²) in [6.07, 6.45) is 0. The molecule has 1 heterocycles. The first kappa shape index (κ1) is 15.1. The first-order chi connectivity index (χ1) is 10.0. The Balaban J connectivity index is 2.46. The lowest BCUT2D eigenvalue weighted by atomic mass is 10.2. The summed E-state index contributed by atoms with van der Waals surface area (Å²) >= 11 is 13.6. The van der Waals surface area contributed by atoms with E-state index in [9.17, 15) is 0 Å². The van der Waals surface area contributed by atoms with Crippen molar-refractivity contribution >= 4 is 54.5 Å². The SMILES string of the molecule is Cc1cccc2c1nc(C(C)Cl)n2-c1c(Br)cccc1Br. The number of imidazole rings is 1. The van der Waals surface area contributed by atoms with Gasteiger partial charge >= 0.3 is 0 Å². The highest BCUT2D eigenvalue weighted by Crippen LogP contribution is 2.36. The minimum absolute atomic E-state index is 0.184. The molecule has 21 heavy (non-hydrogen) atoms. The van der Waals surface area contributed by atoms with E-state index in [1.165, 1.54) is 0 Å². The maximum atomic E-state index is 6.37. The van der Waals surface area contributed by atoms with Gasteiger partial charge in [-0.05, 0) is 69.5 Å². The normalized spacial score (nSPS) is 12.8. The van der Waals surface area contributed by atoms with Crippen molar-refractivity contribution in [2.24, 2.45) is 0 Å². The minimum atomic E-state index is -0.184. The van der Waals surface area contributed by atoms with Gasteiger partial charge in [-0.15, -0.1) is 11.6 Å². The molecule has 0 fully saturated rings. The van der Waals surface area contributed by atoms with Crippen LogP contribution in [-0.4, -0.2) is 9.55 Å². The van der Waals surface area contributed by atoms with Crippen LogP contribution in [0.15, 0.2) is 45.3 Å². The van der Waals surface area contributed by atoms with Crippen LogP contribution in [0.1, 0.15) is 23.7 Å². The van der Waals surface area contributed by atoms with E-state index >= 15 is 0 Å². The van der Waals surface area contributed by atoms with E-state index in [2.05, 4.69) is 55.5 Å². The quantitative estimate of drug-likeness (QED) is 0.447. The second kappa shape index (κ2) is 5.75. The van der Waals surface area contributed by atoms with Crippen LogP contribution in [-0.2, 0) is 0 Å². The zero-order valence-electron chi connectivity index (χ0n) is 11.6. The lowest BCUT2D eigenvalue weighted by molar-refractivity contribution is 0.877. The Morgan fingerprint density at radius 2 is 1.71 bits per heavy atom. The van der Waals surface area contributed by atoms with Crippen molar-refractivity contribution < 1.29 is 0 Å². The highest BCUT2D eigenvalue weighted by Gasteiger charge is 2.20. The molecule has 0 saturated heterocycles. The molecule has 0 N–H and O–H groups in total. The standard InChI is InChI=1S/C16H13Br2ClN2/c1-9-5-3-8-13-14(9)20-16(10(2)19)21(13)15-11(17)6-4-7-12(15)18/h3-8,10H,1-2H3. The molecule has 0 aliphatic rings. The Kier molecular flexibility index (Phi) is 4.12. The molecular weight excluding hydrogens is 415 g/mol. The number of hydrogen-bond acceptors (Lipinski definition) is 1. The molecule has 1 atom stereocenters. The van der Waals surface area contributed by atoms with Crippen molar-refractivity contribution in [1.82, 2.24) is 9.55 Å². The van der Waals surface area contributed by atoms with Gasteiger partial charge in [-0.1, -0.05) is 18.2 Å². The van der Waals surface area contributed by atoms with Crippen LogP contribution < -0.4 is 0 Å². The molecule has 1 aromatic heterocycles. The molecule has 3 aromatic rings. The Hall–Kier alpha value is -0.840. The number of alkyl halides is 1. The van der Waals surface area contributed by atoms with Crippen molar-refractivity contribution in [2.45, 2.75) is 19.2 Å². The van der Waals surface area contributed by atoms with Crippen LogP contribution in [0.25, 0.3) is 16.7 Å². The smallest absolute Gasteiger partial charge is 0.132 e. The number of hydrogen-bond donors (Lipinski definition) is 0. The number of para-hydroxylation sites is 2. The highest BCUT2D eigenvalue weighted by molar-refractivity contribution is 9.11. The van der Waals surface area contributed by atoms with Gasteiger partial charge in [0.05, 0.1) is 22.1 Å². The molecule has 3 rings (SSSR count). The number of benzene rings is 2. The van der Waals surface area contributed by atoms with E-state index in [4.69, 9.17) is 16.6 Å². The van der Waals surface area contributed by atoms with Crippen LogP contribution in [0.4, 0.5) is 0 Å². The number of aromatic nitrogens is 2. The van der Waals surface area contributed by atoms with Gasteiger partial charge in [-0.2, -0.15) is 0 Å². The minimum Gasteiger partial charge on any atom is -0.293 e. The number of nitrogens with zero attached hydrogens (tertiary/aromatic N) is 2. The largest absolute Gasteiger partial charge is 0.293 e. The Labute approximate surface area is 145 Å². The van der Waals surface area contributed by atoms with Crippen LogP contribution in [0.5, 0.6) is 0 Å². The number of fused-ring (bicyclic) bond motifs is 1. The summed E-state index contributed by atoms with van der Waals surface area (Å²) < 4.78 is 4.11. The van der Waals surface area contributed by atoms with Crippen LogP contribution in [0.3, 0.4) is 0 Å². The van der Waals surface area contributed by atoms with Gasteiger partial charge in [0.25, 0.3) is 0 Å². The van der Waals surface area contributed by atoms with E-state index < -0.39 is 0 Å². The van der Waals surface area contributed by atoms with Gasteiger partial charge in [0.2, 0.25) is 0 Å². The molecule has 2 aromatic carbocycles. The van der Waals surface area contributed by atoms with Gasteiger partial charge in [0.1, 0.15) is 5.82 Å². The van der Waals surface area contributed by atoms with Crippen molar-refractivity contribution in [3.63, 3.8) is 0 Å². The van der Waals surface area contributed by atoms with Crippen molar-refractivity contribution in [1.29, 1.82) is 0 Å². The average Bonchev–Trinajstić information content (AvgIpc) is 2.80. The Bertz CT molecular complexity index is 804. The second-order valence-corrected chi connectivity index (χ2v) is 7.30. The summed E-state index contributed by atoms with van der Waals surface area (Å²) in [6.45, 7) is 4.01. The summed E-state index contributed by atoms with van der Waals surface area (Å²) in [7, 11) is 0. The lowest BCUT2D eigenvalue weighted by Gasteiger charge is -2.14. The maximum absolute atomic E-state index is 6.37. The van der Waals surface area contributed by atoms with Gasteiger partial charge in [-0.25, -0.2) is 4.98 Å². The fraction of sp³-hybridized carbons (Fsp3) is 0.188. The Morgan fingerprint density at radius 1 is 1.10 bits per heavy atom. The topological polar surface area (TPSA) is 17.8 Å². The van der Waals surface area contributed by atoms with E-state index in [0.717, 1.165) is 37.1 Å². The third-order valence-corrected chi connectivity index (χ3v) is 4.90. The van der Waals surface area contributed by atoms with E-state index in [1.807, 2.05) is 31.2 Å². The van der Waals surface area contributed by atoms with E-state index in [0.29, 0.717) is 0 Å². The zero-order chi connectivity index (χ0) is 15.1. The highest BCUT2D eigenvalue weighted by atomic mass is 79.9. The monoisotopic (exact) mass is 426 g/mol. The Morgan fingerprint density at radius 3 is 2.33 bits per heavy atom. The molecule has 0 saturated carbocycles. The van der Waals surface area contributed by atoms with E-state index in [-0.39, 0.29) is 5.38 Å². The summed E-state index contributed by atoms with van der Waals surface area (Å²) in [5.74, 6) is 0.841. The van der Waals surface area contributed by atoms with Gasteiger partial charge in [0, 0.05) is 8.95 Å². The fourth-order valence-electron chi connectivity index (χ4n) is 2.46. The fourth-order valence-corrected chi connectivity index (χ4v) is 3.96. The van der Waals surface area contributed by atoms with Crippen LogP contribution >= 0.6 is 43.5 Å². The molecular formula is C16H13Br2ClN2. The predicted octanol–water partition coefficient (Wildman–Crippen LogP) is 6.16. The molecule has 0 spiro atoms. The third kappa shape index (κ3) is 2.54. The first-order valence-electron chi connectivity index (χ1n) is 6.57. The summed E-state index contributed by atoms with van der Waals surface area (Å²) in [6, 6.07) is 12.2. The van der Waals surface area contributed by atoms with Crippen LogP contribution in [0, 0.1) is 6.92 Å². The van der Waals surface area contributed by atoms with Crippen molar-refractivity contribution in [3.8, 4) is 5.69 Å². The molecule has 2 nitrogen and oxygen atoms in total. The number of aryl methyl sites for hydroxylation is 1. The summed E-state index contributed by atoms with van der Waals surface area (Å²) in [4.78, 5) is 4.76. The number of halogens is 3. The first-order valence-corrected chi connectivity index (χ1v) is 8.59. The van der Waals surface area contributed by atoms with Gasteiger partial charge in [0.15, 0.2) is 0 Å². The maximum Gasteiger partial charge on any atom is 0.132 e. The molecule has 0 amide bonds. The second-order valence-electron chi connectivity index (χ2n) is 4.93. The average molecular weight is 429 g/mol. The molecule has 1 unspecified atom stereocenters. The molecule has 0 aliphatic carbocycles. The van der Waals surface area contributed by atoms with Gasteiger partial charge in [-0.3, -0.25) is 4.57 Å². The molecule has 5 heteroatoms. The van der Waals surface area contributed by atoms with E-state index in [1.54, 1.807) is 0 Å². The van der Waals surface area contributed by atoms with Crippen molar-refractivity contribution in [2.75, 3.05) is 0 Å². The molecule has 108 valence electrons. The summed E-state index contributed by atoms with van der Waals surface area (Å²) in [5.41, 5.74) is 4.22. The zero-order valence-corrected chi connectivity index (χ0v) is 15.5. The van der Waals surface area contributed by atoms with Crippen molar-refractivity contribution in [3.05, 3.63) is 56.7 Å². The number of rotatable bonds is 2. The lowest BCUT2D eigenvalue weighted by Crippen LogP contribution is -2.03. The summed E-state index contributed by atoms with van der Waals surface area (Å²) in [5, 5.41) is -0.184. The molecule has 0 aliphatic heterocycles. The van der Waals surface area contributed by atoms with Gasteiger partial charge < -0.3 is 0 Å². The third-order valence-electron chi connectivity index (χ3n) is 3.43.